The van der Waals surface area contributed by atoms with E-state index in [1.165, 1.54) is 25.7 Å². The first-order chi connectivity index (χ1) is 8.70. The van der Waals surface area contributed by atoms with Crippen LogP contribution in [0.2, 0.25) is 0 Å². The van der Waals surface area contributed by atoms with Crippen molar-refractivity contribution in [2.75, 3.05) is 0 Å². The Bertz CT molecular complexity index is 446. The van der Waals surface area contributed by atoms with Crippen molar-refractivity contribution in [3.63, 3.8) is 0 Å². The summed E-state index contributed by atoms with van der Waals surface area (Å²) in [6.07, 6.45) is 9.11. The molecular formula is C15H20N2O. The Kier molecular flexibility index (Phi) is 3.16. The molecule has 2 aliphatic rings. The predicted molar refractivity (Wildman–Crippen MR) is 70.6 cm³/mol. The SMILES string of the molecule is Cc1cncc(C(=O)CC2CC3CCC(C2)N3)c1. The Balaban J connectivity index is 1.64. The van der Waals surface area contributed by atoms with Gasteiger partial charge in [0, 0.05) is 36.5 Å². The van der Waals surface area contributed by atoms with Gasteiger partial charge in [0.05, 0.1) is 0 Å². The number of aryl methyl sites for hydroxylation is 1. The van der Waals surface area contributed by atoms with Crippen LogP contribution in [0.15, 0.2) is 18.5 Å². The number of fused-ring (bicyclic) bond motifs is 2. The van der Waals surface area contributed by atoms with E-state index in [1.807, 2.05) is 13.0 Å². The van der Waals surface area contributed by atoms with Gasteiger partial charge in [-0.05, 0) is 50.2 Å². The van der Waals surface area contributed by atoms with Gasteiger partial charge < -0.3 is 5.32 Å². The molecule has 2 bridgehead atoms. The van der Waals surface area contributed by atoms with E-state index >= 15 is 0 Å². The number of carbonyl (C=O) groups excluding carboxylic acids is 1. The van der Waals surface area contributed by atoms with Crippen LogP contribution in [0.25, 0.3) is 0 Å². The summed E-state index contributed by atoms with van der Waals surface area (Å²) in [6, 6.07) is 3.28. The van der Waals surface area contributed by atoms with Gasteiger partial charge in [0.15, 0.2) is 5.78 Å². The zero-order chi connectivity index (χ0) is 12.5. The van der Waals surface area contributed by atoms with Crippen LogP contribution >= 0.6 is 0 Å². The Morgan fingerprint density at radius 3 is 2.72 bits per heavy atom. The van der Waals surface area contributed by atoms with Crippen molar-refractivity contribution in [3.05, 3.63) is 29.6 Å². The fraction of sp³-hybridized carbons (Fsp3) is 0.600. The molecule has 1 aromatic rings. The van der Waals surface area contributed by atoms with E-state index < -0.39 is 0 Å². The standard InChI is InChI=1S/C15H20N2O/c1-10-4-12(9-16-8-10)15(18)7-11-5-13-2-3-14(6-11)17-13/h4,8-9,11,13-14,17H,2-3,5-7H2,1H3. The Hall–Kier alpha value is -1.22. The first-order valence-corrected chi connectivity index (χ1v) is 6.91. The molecule has 18 heavy (non-hydrogen) atoms. The largest absolute Gasteiger partial charge is 0.311 e. The average molecular weight is 244 g/mol. The molecule has 2 aliphatic heterocycles. The van der Waals surface area contributed by atoms with Gasteiger partial charge in [-0.15, -0.1) is 0 Å². The number of rotatable bonds is 3. The van der Waals surface area contributed by atoms with E-state index in [0.717, 1.165) is 11.1 Å². The van der Waals surface area contributed by atoms with Crippen LogP contribution in [-0.2, 0) is 0 Å². The number of nitrogens with one attached hydrogen (secondary N) is 1. The lowest BCUT2D eigenvalue weighted by molar-refractivity contribution is 0.0945. The fourth-order valence-electron chi connectivity index (χ4n) is 3.43. The molecule has 96 valence electrons. The molecule has 0 amide bonds. The van der Waals surface area contributed by atoms with Crippen molar-refractivity contribution in [1.82, 2.24) is 10.3 Å². The molecule has 0 aromatic carbocycles. The smallest absolute Gasteiger partial charge is 0.164 e. The molecule has 0 radical (unpaired) electrons. The Morgan fingerprint density at radius 1 is 1.33 bits per heavy atom. The van der Waals surface area contributed by atoms with E-state index in [9.17, 15) is 4.79 Å². The first-order valence-electron chi connectivity index (χ1n) is 6.91. The van der Waals surface area contributed by atoms with E-state index in [-0.39, 0.29) is 5.78 Å². The van der Waals surface area contributed by atoms with Crippen LogP contribution in [-0.4, -0.2) is 22.9 Å². The van der Waals surface area contributed by atoms with Crippen LogP contribution < -0.4 is 5.32 Å². The molecule has 2 saturated heterocycles. The van der Waals surface area contributed by atoms with Gasteiger partial charge in [0.25, 0.3) is 0 Å². The van der Waals surface area contributed by atoms with Gasteiger partial charge in [0.2, 0.25) is 0 Å². The number of hydrogen-bond donors (Lipinski definition) is 1. The Morgan fingerprint density at radius 2 is 2.06 bits per heavy atom. The lowest BCUT2D eigenvalue weighted by Crippen LogP contribution is -2.38. The predicted octanol–water partition coefficient (Wildman–Crippen LogP) is 2.49. The van der Waals surface area contributed by atoms with Crippen LogP contribution in [0.1, 0.15) is 48.0 Å². The van der Waals surface area contributed by atoms with Crippen molar-refractivity contribution in [2.45, 2.75) is 51.1 Å². The van der Waals surface area contributed by atoms with E-state index in [2.05, 4.69) is 10.3 Å². The summed E-state index contributed by atoms with van der Waals surface area (Å²) in [5.41, 5.74) is 1.84. The zero-order valence-electron chi connectivity index (χ0n) is 10.9. The first kappa shape index (κ1) is 11.8. The second-order valence-electron chi connectivity index (χ2n) is 5.85. The van der Waals surface area contributed by atoms with Crippen molar-refractivity contribution in [2.24, 2.45) is 5.92 Å². The van der Waals surface area contributed by atoms with Gasteiger partial charge in [-0.1, -0.05) is 0 Å². The third kappa shape index (κ3) is 2.46. The van der Waals surface area contributed by atoms with Gasteiger partial charge in [-0.3, -0.25) is 9.78 Å². The highest BCUT2D eigenvalue weighted by Gasteiger charge is 2.34. The molecule has 2 fully saturated rings. The fourth-order valence-corrected chi connectivity index (χ4v) is 3.43. The van der Waals surface area contributed by atoms with Crippen molar-refractivity contribution in [3.8, 4) is 0 Å². The lowest BCUT2D eigenvalue weighted by atomic mass is 9.87. The second-order valence-corrected chi connectivity index (χ2v) is 5.85. The summed E-state index contributed by atoms with van der Waals surface area (Å²) in [7, 11) is 0. The van der Waals surface area contributed by atoms with Gasteiger partial charge in [-0.25, -0.2) is 0 Å². The quantitative estimate of drug-likeness (QED) is 0.831. The maximum atomic E-state index is 12.2. The average Bonchev–Trinajstić information content (AvgIpc) is 2.69. The molecule has 0 spiro atoms. The summed E-state index contributed by atoms with van der Waals surface area (Å²) in [5, 5.41) is 3.62. The molecule has 1 N–H and O–H groups in total. The van der Waals surface area contributed by atoms with Crippen LogP contribution in [0.5, 0.6) is 0 Å². The van der Waals surface area contributed by atoms with Crippen LogP contribution in [0.4, 0.5) is 0 Å². The van der Waals surface area contributed by atoms with Crippen LogP contribution in [0, 0.1) is 12.8 Å². The summed E-state index contributed by atoms with van der Waals surface area (Å²) < 4.78 is 0. The summed E-state index contributed by atoms with van der Waals surface area (Å²) in [6.45, 7) is 1.98. The molecule has 3 nitrogen and oxygen atoms in total. The highest BCUT2D eigenvalue weighted by atomic mass is 16.1. The van der Waals surface area contributed by atoms with Crippen molar-refractivity contribution >= 4 is 5.78 Å². The van der Waals surface area contributed by atoms with E-state index in [1.54, 1.807) is 12.4 Å². The number of nitrogens with zero attached hydrogens (tertiary/aromatic N) is 1. The highest BCUT2D eigenvalue weighted by Crippen LogP contribution is 2.33. The third-order valence-electron chi connectivity index (χ3n) is 4.24. The molecule has 3 heteroatoms. The molecule has 3 heterocycles. The summed E-state index contributed by atoms with van der Waals surface area (Å²) in [4.78, 5) is 16.3. The maximum absolute atomic E-state index is 12.2. The monoisotopic (exact) mass is 244 g/mol. The van der Waals surface area contributed by atoms with Crippen molar-refractivity contribution in [1.29, 1.82) is 0 Å². The number of pyridine rings is 1. The van der Waals surface area contributed by atoms with Gasteiger partial charge in [-0.2, -0.15) is 0 Å². The molecule has 0 saturated carbocycles. The number of piperidine rings is 1. The molecule has 2 unspecified atom stereocenters. The maximum Gasteiger partial charge on any atom is 0.164 e. The number of carbonyl (C=O) groups is 1. The summed E-state index contributed by atoms with van der Waals surface area (Å²) >= 11 is 0. The molecule has 2 atom stereocenters. The van der Waals surface area contributed by atoms with E-state index in [0.29, 0.717) is 24.4 Å². The number of Topliss-reactive ketones (excluding diaryl/α,β-unsaturated/α-hetero) is 1. The molecule has 1 aromatic heterocycles. The highest BCUT2D eigenvalue weighted by molar-refractivity contribution is 5.96. The number of hydrogen-bond acceptors (Lipinski definition) is 3. The number of aromatic nitrogens is 1. The Labute approximate surface area is 108 Å². The molecule has 3 rings (SSSR count). The minimum absolute atomic E-state index is 0.262. The summed E-state index contributed by atoms with van der Waals surface area (Å²) in [5.74, 6) is 0.828. The van der Waals surface area contributed by atoms with Gasteiger partial charge in [0.1, 0.15) is 0 Å². The topological polar surface area (TPSA) is 42.0 Å². The molecule has 0 aliphatic carbocycles. The minimum atomic E-state index is 0.262. The van der Waals surface area contributed by atoms with E-state index in [4.69, 9.17) is 0 Å². The minimum Gasteiger partial charge on any atom is -0.311 e. The number of ketones is 1. The molecular weight excluding hydrogens is 224 g/mol. The lowest BCUT2D eigenvalue weighted by Gasteiger charge is -2.28. The second kappa shape index (κ2) is 4.81. The normalized spacial score (nSPS) is 30.4. The van der Waals surface area contributed by atoms with Gasteiger partial charge >= 0.3 is 0 Å². The van der Waals surface area contributed by atoms with Crippen molar-refractivity contribution < 1.29 is 4.79 Å². The third-order valence-corrected chi connectivity index (χ3v) is 4.24. The van der Waals surface area contributed by atoms with Crippen LogP contribution in [0.3, 0.4) is 0 Å². The zero-order valence-corrected chi connectivity index (χ0v) is 10.9.